The van der Waals surface area contributed by atoms with E-state index in [1.165, 1.54) is 0 Å². The van der Waals surface area contributed by atoms with Gasteiger partial charge >= 0.3 is 5.97 Å². The highest BCUT2D eigenvalue weighted by atomic mass is 16.4. The molecule has 6 nitrogen and oxygen atoms in total. The fourth-order valence-corrected chi connectivity index (χ4v) is 2.38. The maximum atomic E-state index is 12.4. The highest BCUT2D eigenvalue weighted by Crippen LogP contribution is 2.26. The van der Waals surface area contributed by atoms with Gasteiger partial charge in [0.1, 0.15) is 6.54 Å². The van der Waals surface area contributed by atoms with E-state index in [-0.39, 0.29) is 5.69 Å². The van der Waals surface area contributed by atoms with Crippen molar-refractivity contribution < 1.29 is 14.7 Å². The third-order valence-corrected chi connectivity index (χ3v) is 3.58. The Morgan fingerprint density at radius 1 is 1.27 bits per heavy atom. The smallest absolute Gasteiger partial charge is 0.322 e. The average molecular weight is 355 g/mol. The molecule has 0 fully saturated rings. The zero-order valence-corrected chi connectivity index (χ0v) is 15.6. The molecule has 1 amide bonds. The SMILES string of the molecule is C=C/C(=C\C=C/C)c1c(C)c(C(=O)NCC(=O)O)nn1C(/C=C\C)=C/C. The Labute approximate surface area is 153 Å². The number of carboxylic acids is 1. The van der Waals surface area contributed by atoms with E-state index in [0.29, 0.717) is 5.56 Å². The molecule has 26 heavy (non-hydrogen) atoms. The first-order valence-electron chi connectivity index (χ1n) is 8.25. The van der Waals surface area contributed by atoms with Gasteiger partial charge in [-0.25, -0.2) is 4.68 Å². The molecule has 2 N–H and O–H groups in total. The van der Waals surface area contributed by atoms with Gasteiger partial charge in [-0.1, -0.05) is 43.0 Å². The number of hydrogen-bond donors (Lipinski definition) is 2. The number of rotatable bonds is 8. The van der Waals surface area contributed by atoms with Gasteiger partial charge < -0.3 is 10.4 Å². The summed E-state index contributed by atoms with van der Waals surface area (Å²) in [5.41, 5.74) is 3.14. The van der Waals surface area contributed by atoms with Crippen molar-refractivity contribution in [1.29, 1.82) is 0 Å². The van der Waals surface area contributed by atoms with E-state index in [4.69, 9.17) is 5.11 Å². The summed E-state index contributed by atoms with van der Waals surface area (Å²) in [4.78, 5) is 23.1. The summed E-state index contributed by atoms with van der Waals surface area (Å²) in [5.74, 6) is -1.64. The first kappa shape index (κ1) is 20.9. The topological polar surface area (TPSA) is 84.2 Å². The molecule has 138 valence electrons. The minimum atomic E-state index is -1.11. The third-order valence-electron chi connectivity index (χ3n) is 3.58. The minimum absolute atomic E-state index is 0.179. The average Bonchev–Trinajstić information content (AvgIpc) is 2.95. The summed E-state index contributed by atoms with van der Waals surface area (Å²) in [5, 5.41) is 15.6. The number of carbonyl (C=O) groups is 2. The van der Waals surface area contributed by atoms with Gasteiger partial charge in [-0.3, -0.25) is 9.59 Å². The van der Waals surface area contributed by atoms with Gasteiger partial charge in [-0.2, -0.15) is 5.10 Å². The molecular weight excluding hydrogens is 330 g/mol. The fraction of sp³-hybridized carbons (Fsp3) is 0.250. The third kappa shape index (κ3) is 4.92. The summed E-state index contributed by atoms with van der Waals surface area (Å²) in [7, 11) is 0. The maximum Gasteiger partial charge on any atom is 0.322 e. The number of carbonyl (C=O) groups excluding carboxylic acids is 1. The van der Waals surface area contributed by atoms with Gasteiger partial charge in [0.05, 0.1) is 11.4 Å². The lowest BCUT2D eigenvalue weighted by atomic mass is 10.1. The van der Waals surface area contributed by atoms with Crippen molar-refractivity contribution in [3.63, 3.8) is 0 Å². The predicted molar refractivity (Wildman–Crippen MR) is 105 cm³/mol. The van der Waals surface area contributed by atoms with Crippen molar-refractivity contribution in [3.05, 3.63) is 66.1 Å². The van der Waals surface area contributed by atoms with E-state index in [0.717, 1.165) is 17.0 Å². The van der Waals surface area contributed by atoms with Gasteiger partial charge in [-0.05, 0) is 39.3 Å². The van der Waals surface area contributed by atoms with E-state index in [1.54, 1.807) is 17.7 Å². The lowest BCUT2D eigenvalue weighted by molar-refractivity contribution is -0.135. The van der Waals surface area contributed by atoms with Crippen molar-refractivity contribution in [2.75, 3.05) is 6.54 Å². The molecule has 0 bridgehead atoms. The highest BCUT2D eigenvalue weighted by molar-refractivity contribution is 5.97. The number of aromatic nitrogens is 2. The van der Waals surface area contributed by atoms with Crippen molar-refractivity contribution in [1.82, 2.24) is 15.1 Å². The summed E-state index contributed by atoms with van der Waals surface area (Å²) in [6.07, 6.45) is 13.0. The Bertz CT molecular complexity index is 809. The van der Waals surface area contributed by atoms with Crippen LogP contribution in [0.1, 0.15) is 42.5 Å². The molecule has 0 aliphatic rings. The van der Waals surface area contributed by atoms with E-state index >= 15 is 0 Å². The van der Waals surface area contributed by atoms with Gasteiger partial charge in [0.25, 0.3) is 5.91 Å². The molecule has 0 unspecified atom stereocenters. The Hall–Kier alpha value is -3.15. The van der Waals surface area contributed by atoms with Gasteiger partial charge in [0, 0.05) is 5.56 Å². The van der Waals surface area contributed by atoms with E-state index < -0.39 is 18.4 Å². The molecule has 0 radical (unpaired) electrons. The van der Waals surface area contributed by atoms with Crippen LogP contribution in [0, 0.1) is 6.92 Å². The summed E-state index contributed by atoms with van der Waals surface area (Å²) < 4.78 is 1.67. The number of carboxylic acid groups (broad SMARTS) is 1. The summed E-state index contributed by atoms with van der Waals surface area (Å²) >= 11 is 0. The number of hydrogen-bond acceptors (Lipinski definition) is 3. The molecule has 1 rings (SSSR count). The Kier molecular flexibility index (Phi) is 8.02. The van der Waals surface area contributed by atoms with E-state index in [2.05, 4.69) is 17.0 Å². The largest absolute Gasteiger partial charge is 0.480 e. The van der Waals surface area contributed by atoms with Crippen LogP contribution in [-0.4, -0.2) is 33.3 Å². The predicted octanol–water partition coefficient (Wildman–Crippen LogP) is 3.59. The summed E-state index contributed by atoms with van der Waals surface area (Å²) in [6, 6.07) is 0. The highest BCUT2D eigenvalue weighted by Gasteiger charge is 2.22. The molecule has 1 aromatic heterocycles. The minimum Gasteiger partial charge on any atom is -0.480 e. The van der Waals surface area contributed by atoms with Crippen molar-refractivity contribution in [2.24, 2.45) is 0 Å². The Morgan fingerprint density at radius 3 is 2.46 bits per heavy atom. The van der Waals surface area contributed by atoms with Crippen LogP contribution in [0.15, 0.2) is 49.1 Å². The van der Waals surface area contributed by atoms with Gasteiger partial charge in [0.15, 0.2) is 5.69 Å². The number of amides is 1. The van der Waals surface area contributed by atoms with Crippen LogP contribution in [0.3, 0.4) is 0 Å². The van der Waals surface area contributed by atoms with Crippen LogP contribution in [0.5, 0.6) is 0 Å². The van der Waals surface area contributed by atoms with Crippen molar-refractivity contribution in [3.8, 4) is 0 Å². The van der Waals surface area contributed by atoms with Crippen LogP contribution in [-0.2, 0) is 4.79 Å². The van der Waals surface area contributed by atoms with Gasteiger partial charge in [-0.15, -0.1) is 0 Å². The zero-order valence-electron chi connectivity index (χ0n) is 15.6. The van der Waals surface area contributed by atoms with Crippen LogP contribution >= 0.6 is 0 Å². The first-order valence-corrected chi connectivity index (χ1v) is 8.25. The number of aliphatic carboxylic acids is 1. The maximum absolute atomic E-state index is 12.4. The molecule has 1 aromatic rings. The first-order chi connectivity index (χ1) is 12.4. The lowest BCUT2D eigenvalue weighted by Gasteiger charge is -2.09. The Morgan fingerprint density at radius 2 is 1.96 bits per heavy atom. The van der Waals surface area contributed by atoms with E-state index in [9.17, 15) is 9.59 Å². The molecule has 0 saturated carbocycles. The molecule has 0 saturated heterocycles. The lowest BCUT2D eigenvalue weighted by Crippen LogP contribution is -2.30. The second-order valence-electron chi connectivity index (χ2n) is 5.38. The van der Waals surface area contributed by atoms with Gasteiger partial charge in [0.2, 0.25) is 0 Å². The van der Waals surface area contributed by atoms with Crippen molar-refractivity contribution >= 4 is 23.1 Å². The molecule has 1 heterocycles. The normalized spacial score (nSPS) is 12.8. The molecule has 0 aliphatic heterocycles. The molecular formula is C20H25N3O3. The monoisotopic (exact) mass is 355 g/mol. The Balaban J connectivity index is 3.61. The van der Waals surface area contributed by atoms with Crippen LogP contribution in [0.25, 0.3) is 11.3 Å². The number of allylic oxidation sites excluding steroid dienone is 9. The number of nitrogens with one attached hydrogen (secondary N) is 1. The fourth-order valence-electron chi connectivity index (χ4n) is 2.38. The summed E-state index contributed by atoms with van der Waals surface area (Å²) in [6.45, 7) is 10.9. The number of nitrogens with zero attached hydrogens (tertiary/aromatic N) is 2. The molecule has 0 atom stereocenters. The second-order valence-corrected chi connectivity index (χ2v) is 5.38. The molecule has 0 aromatic carbocycles. The second kappa shape index (κ2) is 9.98. The van der Waals surface area contributed by atoms with Crippen LogP contribution in [0.4, 0.5) is 0 Å². The molecule has 0 spiro atoms. The van der Waals surface area contributed by atoms with Crippen LogP contribution in [0.2, 0.25) is 0 Å². The zero-order chi connectivity index (χ0) is 19.7. The van der Waals surface area contributed by atoms with Crippen LogP contribution < -0.4 is 5.32 Å². The van der Waals surface area contributed by atoms with E-state index in [1.807, 2.05) is 57.2 Å². The quantitative estimate of drug-likeness (QED) is 0.698. The van der Waals surface area contributed by atoms with Crippen molar-refractivity contribution in [2.45, 2.75) is 27.7 Å². The molecule has 0 aliphatic carbocycles. The standard InChI is InChI=1S/C20H25N3O3/c1-6-10-12-15(8-3)19-14(5)18(20(26)21-13-17(24)25)22-23(19)16(9-4)11-7-2/h6-12H,3,13H2,1-2,4-5H3,(H,21,26)(H,24,25)/b10-6-,11-7-,15-12+,16-9+. The molecule has 6 heteroatoms.